The van der Waals surface area contributed by atoms with Crippen molar-refractivity contribution in [2.24, 2.45) is 5.41 Å². The number of rotatable bonds is 3. The fourth-order valence-corrected chi connectivity index (χ4v) is 6.68. The van der Waals surface area contributed by atoms with Crippen LogP contribution < -0.4 is 5.32 Å². The lowest BCUT2D eigenvalue weighted by Crippen LogP contribution is -2.55. The highest BCUT2D eigenvalue weighted by Gasteiger charge is 2.46. The Hall–Kier alpha value is -2.28. The molecule has 0 saturated carbocycles. The van der Waals surface area contributed by atoms with E-state index < -0.39 is 36.6 Å². The maximum Gasteiger partial charge on any atom is 0.240 e. The molecule has 4 heterocycles. The minimum absolute atomic E-state index is 0.0315. The lowest BCUT2D eigenvalue weighted by atomic mass is 9.91. The summed E-state index contributed by atoms with van der Waals surface area (Å²) in [6.45, 7) is 8.22. The first-order valence-electron chi connectivity index (χ1n) is 14.8. The van der Waals surface area contributed by atoms with Gasteiger partial charge in [-0.2, -0.15) is 0 Å². The summed E-state index contributed by atoms with van der Waals surface area (Å²) in [5, 5.41) is 25.2. The number of ether oxygens (including phenoxy) is 2. The zero-order chi connectivity index (χ0) is 30.2. The second-order valence-electron chi connectivity index (χ2n) is 13.3. The van der Waals surface area contributed by atoms with Crippen LogP contribution in [0.25, 0.3) is 0 Å². The Morgan fingerprint density at radius 1 is 1.10 bits per heavy atom. The topological polar surface area (TPSA) is 132 Å². The Kier molecular flexibility index (Phi) is 9.46. The molecule has 4 aliphatic rings. The van der Waals surface area contributed by atoms with E-state index in [1.165, 1.54) is 0 Å². The molecule has 4 saturated heterocycles. The number of aliphatic hydroxyl groups is 2. The van der Waals surface area contributed by atoms with Gasteiger partial charge in [0.2, 0.25) is 17.7 Å². The van der Waals surface area contributed by atoms with E-state index in [1.54, 1.807) is 15.9 Å². The van der Waals surface area contributed by atoms with Crippen molar-refractivity contribution in [3.8, 4) is 0 Å². The third kappa shape index (κ3) is 7.43. The Bertz CT molecular complexity index is 1160. The molecule has 1 aromatic rings. The summed E-state index contributed by atoms with van der Waals surface area (Å²) < 4.78 is 12.0. The molecule has 5 rings (SSSR count). The smallest absolute Gasteiger partial charge is 0.240 e. The van der Waals surface area contributed by atoms with Crippen LogP contribution in [0.15, 0.2) is 24.3 Å². The van der Waals surface area contributed by atoms with Crippen LogP contribution in [0.1, 0.15) is 45.6 Å². The normalized spacial score (nSPS) is 33.1. The van der Waals surface area contributed by atoms with Crippen molar-refractivity contribution in [3.05, 3.63) is 34.9 Å². The molecule has 0 radical (unpaired) electrons. The average molecular weight is 607 g/mol. The first-order chi connectivity index (χ1) is 19.9. The molecule has 11 nitrogen and oxygen atoms in total. The van der Waals surface area contributed by atoms with Gasteiger partial charge in [0.15, 0.2) is 0 Å². The average Bonchev–Trinajstić information content (AvgIpc) is 3.41. The van der Waals surface area contributed by atoms with Crippen LogP contribution in [0, 0.1) is 5.41 Å². The summed E-state index contributed by atoms with van der Waals surface area (Å²) in [5.41, 5.74) is 0.691. The predicted molar refractivity (Wildman–Crippen MR) is 154 cm³/mol. The van der Waals surface area contributed by atoms with Crippen LogP contribution in [0.2, 0.25) is 5.02 Å². The van der Waals surface area contributed by atoms with Crippen molar-refractivity contribution < 1.29 is 34.1 Å². The van der Waals surface area contributed by atoms with Crippen LogP contribution in [0.4, 0.5) is 0 Å². The molecular weight excluding hydrogens is 564 g/mol. The highest BCUT2D eigenvalue weighted by atomic mass is 35.5. The molecule has 4 aliphatic heterocycles. The van der Waals surface area contributed by atoms with Gasteiger partial charge in [0.1, 0.15) is 18.3 Å². The van der Waals surface area contributed by atoms with Gasteiger partial charge in [0.25, 0.3) is 0 Å². The number of carbonyl (C=O) groups is 3. The van der Waals surface area contributed by atoms with Gasteiger partial charge in [0, 0.05) is 56.8 Å². The van der Waals surface area contributed by atoms with Crippen LogP contribution in [-0.2, 0) is 30.4 Å². The van der Waals surface area contributed by atoms with Gasteiger partial charge in [0.05, 0.1) is 31.3 Å². The Morgan fingerprint density at radius 2 is 1.86 bits per heavy atom. The number of hydrogen-bond donors (Lipinski definition) is 3. The van der Waals surface area contributed by atoms with Crippen LogP contribution in [-0.4, -0.2) is 125 Å². The van der Waals surface area contributed by atoms with Gasteiger partial charge in [-0.15, -0.1) is 0 Å². The van der Waals surface area contributed by atoms with Crippen molar-refractivity contribution in [2.45, 2.75) is 89.2 Å². The molecule has 1 aromatic carbocycles. The number of nitrogens with zero attached hydrogens (tertiary/aromatic N) is 3. The molecule has 0 unspecified atom stereocenters. The molecule has 3 N–H and O–H groups in total. The molecule has 42 heavy (non-hydrogen) atoms. The molecule has 6 bridgehead atoms. The molecule has 0 aliphatic carbocycles. The number of fused-ring (bicyclic) bond motifs is 6. The van der Waals surface area contributed by atoms with Gasteiger partial charge < -0.3 is 34.8 Å². The molecule has 232 valence electrons. The van der Waals surface area contributed by atoms with Gasteiger partial charge in [-0.1, -0.05) is 44.5 Å². The Balaban J connectivity index is 1.42. The maximum absolute atomic E-state index is 14.0. The fourth-order valence-electron chi connectivity index (χ4n) is 6.47. The van der Waals surface area contributed by atoms with E-state index in [4.69, 9.17) is 21.1 Å². The van der Waals surface area contributed by atoms with Crippen molar-refractivity contribution >= 4 is 29.3 Å². The largest absolute Gasteiger partial charge is 0.388 e. The van der Waals surface area contributed by atoms with Crippen molar-refractivity contribution in [1.29, 1.82) is 0 Å². The van der Waals surface area contributed by atoms with Crippen molar-refractivity contribution in [2.75, 3.05) is 39.3 Å². The third-order valence-corrected chi connectivity index (χ3v) is 8.72. The summed E-state index contributed by atoms with van der Waals surface area (Å²) >= 11 is 6.23. The minimum atomic E-state index is -1.27. The number of carbonyl (C=O) groups excluding carboxylic acids is 3. The molecule has 12 heteroatoms. The molecule has 3 amide bonds. The Morgan fingerprint density at radius 3 is 2.60 bits per heavy atom. The molecule has 4 fully saturated rings. The van der Waals surface area contributed by atoms with E-state index in [-0.39, 0.29) is 55.1 Å². The van der Waals surface area contributed by atoms with E-state index in [0.29, 0.717) is 44.2 Å². The summed E-state index contributed by atoms with van der Waals surface area (Å²) in [6, 6.07) is 6.78. The maximum atomic E-state index is 14.0. The lowest BCUT2D eigenvalue weighted by Gasteiger charge is -2.39. The molecule has 0 spiro atoms. The number of benzene rings is 1. The SMILES string of the molecule is CC(C)(C)CC(=O)N1C[C@@H]2CN(CCO2)C(=O)[C@@H]2C[C@@H](CN2Cc2cccc(Cl)c2)NC(=O)C[C@@H]2O[C@H](C1)[C@@H](O)[C@H]2O. The van der Waals surface area contributed by atoms with Gasteiger partial charge >= 0.3 is 0 Å². The van der Waals surface area contributed by atoms with E-state index in [1.807, 2.05) is 39.0 Å². The molecular formula is C30H43ClN4O7. The number of likely N-dealkylation sites (tertiary alicyclic amines) is 1. The number of halogens is 1. The van der Waals surface area contributed by atoms with E-state index in [9.17, 15) is 24.6 Å². The zero-order valence-corrected chi connectivity index (χ0v) is 25.3. The first kappa shape index (κ1) is 31.2. The summed E-state index contributed by atoms with van der Waals surface area (Å²) in [5.74, 6) is -0.489. The van der Waals surface area contributed by atoms with Crippen LogP contribution >= 0.6 is 11.6 Å². The fraction of sp³-hybridized carbons (Fsp3) is 0.700. The number of morpholine rings is 1. The van der Waals surface area contributed by atoms with E-state index in [2.05, 4.69) is 10.2 Å². The standard InChI is InChI=1S/C30H43ClN4O7/c1-30(2,3)12-26(37)35-16-21-15-33(7-8-41-21)29(40)22-10-20(14-34(22)13-18-5-4-6-19(31)9-18)32-25(36)11-23-27(38)28(39)24(17-35)42-23/h4-6,9,20-24,27-28,38-39H,7-8,10-17H2,1-3H3,(H,32,36)/t20-,21-,22-,23-,24+,27-,28+/m0/s1. The first-order valence-corrected chi connectivity index (χ1v) is 15.2. The molecule has 0 aromatic heterocycles. The monoisotopic (exact) mass is 606 g/mol. The van der Waals surface area contributed by atoms with Crippen LogP contribution in [0.5, 0.6) is 0 Å². The second-order valence-corrected chi connectivity index (χ2v) is 13.7. The zero-order valence-electron chi connectivity index (χ0n) is 24.6. The summed E-state index contributed by atoms with van der Waals surface area (Å²) in [6.07, 6.45) is -4.17. The van der Waals surface area contributed by atoms with Crippen molar-refractivity contribution in [1.82, 2.24) is 20.0 Å². The van der Waals surface area contributed by atoms with Gasteiger partial charge in [-0.3, -0.25) is 19.3 Å². The second kappa shape index (κ2) is 12.8. The molecule has 7 atom stereocenters. The van der Waals surface area contributed by atoms with E-state index in [0.717, 1.165) is 5.56 Å². The highest BCUT2D eigenvalue weighted by molar-refractivity contribution is 6.30. The number of aliphatic hydroxyl groups excluding tert-OH is 2. The highest BCUT2D eigenvalue weighted by Crippen LogP contribution is 2.29. The number of nitrogens with one attached hydrogen (secondary N) is 1. The van der Waals surface area contributed by atoms with Gasteiger partial charge in [-0.25, -0.2) is 0 Å². The van der Waals surface area contributed by atoms with Gasteiger partial charge in [-0.05, 0) is 29.5 Å². The quantitative estimate of drug-likeness (QED) is 0.460. The number of amides is 3. The summed E-state index contributed by atoms with van der Waals surface area (Å²) in [7, 11) is 0. The minimum Gasteiger partial charge on any atom is -0.388 e. The van der Waals surface area contributed by atoms with Crippen molar-refractivity contribution in [3.63, 3.8) is 0 Å². The number of hydrogen-bond acceptors (Lipinski definition) is 8. The third-order valence-electron chi connectivity index (χ3n) is 8.49. The Labute approximate surface area is 252 Å². The lowest BCUT2D eigenvalue weighted by molar-refractivity contribution is -0.148. The summed E-state index contributed by atoms with van der Waals surface area (Å²) in [4.78, 5) is 46.0. The van der Waals surface area contributed by atoms with E-state index >= 15 is 0 Å². The predicted octanol–water partition coefficient (Wildman–Crippen LogP) is 0.784. The van der Waals surface area contributed by atoms with Crippen LogP contribution in [0.3, 0.4) is 0 Å².